The average molecular weight is 389 g/mol. The zero-order valence-electron chi connectivity index (χ0n) is 15.7. The van der Waals surface area contributed by atoms with Crippen molar-refractivity contribution in [3.63, 3.8) is 0 Å². The van der Waals surface area contributed by atoms with Gasteiger partial charge in [0.25, 0.3) is 0 Å². The molecule has 0 saturated heterocycles. The summed E-state index contributed by atoms with van der Waals surface area (Å²) in [5.41, 5.74) is 4.33. The van der Waals surface area contributed by atoms with Crippen LogP contribution < -0.4 is 9.64 Å². The van der Waals surface area contributed by atoms with Crippen molar-refractivity contribution >= 4 is 29.1 Å². The Morgan fingerprint density at radius 3 is 2.54 bits per heavy atom. The van der Waals surface area contributed by atoms with Crippen LogP contribution in [0.1, 0.15) is 11.1 Å². The second kappa shape index (κ2) is 8.32. The number of para-hydroxylation sites is 2. The molecule has 0 fully saturated rings. The smallest absolute Gasteiger partial charge is 0.134 e. The second-order valence-corrected chi connectivity index (χ2v) is 7.07. The molecule has 0 N–H and O–H groups in total. The van der Waals surface area contributed by atoms with Crippen LogP contribution in [0.15, 0.2) is 83.9 Å². The number of halogens is 1. The van der Waals surface area contributed by atoms with Crippen LogP contribution in [0.25, 0.3) is 6.08 Å². The van der Waals surface area contributed by atoms with Gasteiger partial charge in [-0.3, -0.25) is 4.99 Å². The highest BCUT2D eigenvalue weighted by molar-refractivity contribution is 6.30. The van der Waals surface area contributed by atoms with Gasteiger partial charge in [-0.25, -0.2) is 0 Å². The van der Waals surface area contributed by atoms with Gasteiger partial charge in [-0.05, 0) is 48.6 Å². The van der Waals surface area contributed by atoms with Crippen LogP contribution in [0.5, 0.6) is 11.5 Å². The first-order chi connectivity index (χ1) is 13.7. The lowest BCUT2D eigenvalue weighted by Gasteiger charge is -2.18. The number of ether oxygens (including phenoxy) is 1. The molecule has 0 unspecified atom stereocenters. The average Bonchev–Trinajstić information content (AvgIpc) is 2.88. The van der Waals surface area contributed by atoms with Crippen molar-refractivity contribution in [1.29, 1.82) is 0 Å². The highest BCUT2D eigenvalue weighted by atomic mass is 35.5. The minimum atomic E-state index is 0.690. The summed E-state index contributed by atoms with van der Waals surface area (Å²) in [6, 6.07) is 23.7. The predicted octanol–water partition coefficient (Wildman–Crippen LogP) is 6.08. The summed E-state index contributed by atoms with van der Waals surface area (Å²) in [4.78, 5) is 7.03. The first-order valence-corrected chi connectivity index (χ1v) is 9.64. The summed E-state index contributed by atoms with van der Waals surface area (Å²) in [7, 11) is 2.11. The Hall–Kier alpha value is -3.04. The lowest BCUT2D eigenvalue weighted by atomic mass is 10.1. The molecule has 4 heteroatoms. The molecule has 28 heavy (non-hydrogen) atoms. The van der Waals surface area contributed by atoms with E-state index in [0.717, 1.165) is 41.4 Å². The van der Waals surface area contributed by atoms with Gasteiger partial charge in [0.15, 0.2) is 0 Å². The molecule has 3 aromatic rings. The fourth-order valence-corrected chi connectivity index (χ4v) is 3.33. The molecule has 1 heterocycles. The van der Waals surface area contributed by atoms with Gasteiger partial charge in [0, 0.05) is 35.4 Å². The van der Waals surface area contributed by atoms with Crippen LogP contribution in [0.3, 0.4) is 0 Å². The number of aliphatic imine (C=N–C) groups is 1. The molecule has 0 spiro atoms. The number of benzene rings is 3. The van der Waals surface area contributed by atoms with Crippen molar-refractivity contribution in [3.05, 3.63) is 95.0 Å². The van der Waals surface area contributed by atoms with Gasteiger partial charge in [0.2, 0.25) is 0 Å². The fourth-order valence-electron chi connectivity index (χ4n) is 3.20. The summed E-state index contributed by atoms with van der Waals surface area (Å²) < 4.78 is 6.06. The molecule has 0 aliphatic carbocycles. The maximum atomic E-state index is 6.06. The zero-order valence-corrected chi connectivity index (χ0v) is 16.4. The van der Waals surface area contributed by atoms with Crippen molar-refractivity contribution < 1.29 is 4.74 Å². The number of likely N-dealkylation sites (N-methyl/N-ethyl adjacent to an activating group) is 1. The van der Waals surface area contributed by atoms with Crippen LogP contribution in [-0.4, -0.2) is 25.8 Å². The lowest BCUT2D eigenvalue weighted by molar-refractivity contribution is 0.481. The topological polar surface area (TPSA) is 24.8 Å². The first-order valence-electron chi connectivity index (χ1n) is 9.26. The van der Waals surface area contributed by atoms with Crippen LogP contribution in [0.2, 0.25) is 5.02 Å². The number of allylic oxidation sites excluding steroid dienone is 1. The van der Waals surface area contributed by atoms with Crippen LogP contribution in [0, 0.1) is 0 Å². The van der Waals surface area contributed by atoms with E-state index in [9.17, 15) is 0 Å². The largest absolute Gasteiger partial charge is 0.457 e. The van der Waals surface area contributed by atoms with Gasteiger partial charge >= 0.3 is 0 Å². The lowest BCUT2D eigenvalue weighted by Crippen LogP contribution is -2.20. The summed E-state index contributed by atoms with van der Waals surface area (Å²) in [5.74, 6) is 1.55. The van der Waals surface area contributed by atoms with E-state index < -0.39 is 0 Å². The molecule has 3 nitrogen and oxygen atoms in total. The van der Waals surface area contributed by atoms with Crippen molar-refractivity contribution in [1.82, 2.24) is 0 Å². The molecule has 0 radical (unpaired) electrons. The third-order valence-electron chi connectivity index (χ3n) is 4.69. The number of anilines is 1. The van der Waals surface area contributed by atoms with Crippen molar-refractivity contribution in [2.75, 3.05) is 25.0 Å². The molecule has 1 aliphatic rings. The third-order valence-corrected chi connectivity index (χ3v) is 4.94. The van der Waals surface area contributed by atoms with E-state index in [4.69, 9.17) is 21.3 Å². The van der Waals surface area contributed by atoms with E-state index in [1.807, 2.05) is 48.5 Å². The maximum absolute atomic E-state index is 6.06. The predicted molar refractivity (Wildman–Crippen MR) is 118 cm³/mol. The number of hydrogen-bond acceptors (Lipinski definition) is 3. The normalized spacial score (nSPS) is 13.8. The van der Waals surface area contributed by atoms with Crippen LogP contribution in [0.4, 0.5) is 5.69 Å². The summed E-state index contributed by atoms with van der Waals surface area (Å²) in [5, 5.41) is 0.690. The fraction of sp³-hybridized carbons (Fsp3) is 0.125. The molecule has 140 valence electrons. The van der Waals surface area contributed by atoms with Gasteiger partial charge in [-0.15, -0.1) is 0 Å². The zero-order chi connectivity index (χ0) is 19.3. The molecule has 0 bridgehead atoms. The SMILES string of the molecule is CN1CCN=C(/C=C/c2ccccc2Oc2ccc(Cl)cc2)c2ccccc21. The van der Waals surface area contributed by atoms with Gasteiger partial charge in [-0.1, -0.05) is 48.0 Å². The highest BCUT2D eigenvalue weighted by Crippen LogP contribution is 2.28. The monoisotopic (exact) mass is 388 g/mol. The molecule has 0 saturated carbocycles. The Bertz CT molecular complexity index is 1020. The standard InChI is InChI=1S/C24H21ClN2O/c1-27-17-16-26-22(21-7-3-4-8-23(21)27)15-10-18-6-2-5-9-24(18)28-20-13-11-19(25)12-14-20/h2-15H,16-17H2,1H3/b15-10+. The van der Waals surface area contributed by atoms with E-state index in [1.54, 1.807) is 0 Å². The van der Waals surface area contributed by atoms with E-state index in [0.29, 0.717) is 5.02 Å². The Kier molecular flexibility index (Phi) is 5.45. The Labute approximate surface area is 170 Å². The molecule has 0 aromatic heterocycles. The number of benzodiazepines with no additional fused rings is 1. The summed E-state index contributed by atoms with van der Waals surface area (Å²) >= 11 is 5.96. The minimum absolute atomic E-state index is 0.690. The van der Waals surface area contributed by atoms with E-state index in [1.165, 1.54) is 5.69 Å². The third kappa shape index (κ3) is 4.10. The van der Waals surface area contributed by atoms with Crippen LogP contribution >= 0.6 is 11.6 Å². The van der Waals surface area contributed by atoms with E-state index in [-0.39, 0.29) is 0 Å². The highest BCUT2D eigenvalue weighted by Gasteiger charge is 2.13. The molecule has 3 aromatic carbocycles. The number of fused-ring (bicyclic) bond motifs is 1. The van der Waals surface area contributed by atoms with Gasteiger partial charge in [0.05, 0.1) is 12.3 Å². The Morgan fingerprint density at radius 1 is 0.929 bits per heavy atom. The quantitative estimate of drug-likeness (QED) is 0.540. The number of hydrogen-bond donors (Lipinski definition) is 0. The first kappa shape index (κ1) is 18.3. The van der Waals surface area contributed by atoms with Gasteiger partial charge < -0.3 is 9.64 Å². The molecule has 4 rings (SSSR count). The number of nitrogens with zero attached hydrogens (tertiary/aromatic N) is 2. The summed E-state index contributed by atoms with van der Waals surface area (Å²) in [6.45, 7) is 1.68. The van der Waals surface area contributed by atoms with Crippen molar-refractivity contribution in [2.24, 2.45) is 4.99 Å². The molecule has 0 atom stereocenters. The van der Waals surface area contributed by atoms with E-state index in [2.05, 4.69) is 48.4 Å². The molecular weight excluding hydrogens is 368 g/mol. The van der Waals surface area contributed by atoms with Crippen molar-refractivity contribution in [2.45, 2.75) is 0 Å². The van der Waals surface area contributed by atoms with Crippen LogP contribution in [-0.2, 0) is 0 Å². The van der Waals surface area contributed by atoms with Crippen molar-refractivity contribution in [3.8, 4) is 11.5 Å². The molecular formula is C24H21ClN2O. The minimum Gasteiger partial charge on any atom is -0.457 e. The Balaban J connectivity index is 1.63. The van der Waals surface area contributed by atoms with Gasteiger partial charge in [0.1, 0.15) is 11.5 Å². The maximum Gasteiger partial charge on any atom is 0.134 e. The molecule has 1 aliphatic heterocycles. The molecule has 0 amide bonds. The van der Waals surface area contributed by atoms with Gasteiger partial charge in [-0.2, -0.15) is 0 Å². The Morgan fingerprint density at radius 2 is 1.68 bits per heavy atom. The number of rotatable bonds is 4. The summed E-state index contributed by atoms with van der Waals surface area (Å²) in [6.07, 6.45) is 4.13. The second-order valence-electron chi connectivity index (χ2n) is 6.63. The van der Waals surface area contributed by atoms with E-state index >= 15 is 0 Å².